The van der Waals surface area contributed by atoms with Crippen LogP contribution in [0.1, 0.15) is 35.9 Å². The highest BCUT2D eigenvalue weighted by atomic mass is 16.5. The normalized spacial score (nSPS) is 10.6. The van der Waals surface area contributed by atoms with Crippen LogP contribution in [0, 0.1) is 0 Å². The Kier molecular flexibility index (Phi) is 6.68. The van der Waals surface area contributed by atoms with E-state index >= 15 is 0 Å². The van der Waals surface area contributed by atoms with Crippen LogP contribution in [-0.4, -0.2) is 25.0 Å². The molecule has 1 heterocycles. The highest BCUT2D eigenvalue weighted by Crippen LogP contribution is 2.28. The van der Waals surface area contributed by atoms with E-state index in [0.29, 0.717) is 23.4 Å². The van der Waals surface area contributed by atoms with Crippen molar-refractivity contribution in [3.05, 3.63) is 65.9 Å². The fourth-order valence-corrected chi connectivity index (χ4v) is 2.73. The second kappa shape index (κ2) is 9.60. The van der Waals surface area contributed by atoms with Crippen LogP contribution in [-0.2, 0) is 16.1 Å². The van der Waals surface area contributed by atoms with E-state index in [-0.39, 0.29) is 24.9 Å². The first-order valence-electron chi connectivity index (χ1n) is 9.31. The Bertz CT molecular complexity index is 933. The molecule has 0 aliphatic heterocycles. The van der Waals surface area contributed by atoms with Gasteiger partial charge in [-0.3, -0.25) is 4.79 Å². The molecular weight excluding hydrogens is 358 g/mol. The molecule has 1 N–H and O–H groups in total. The number of fused-ring (bicyclic) bond motifs is 1. The number of ether oxygens (including phenoxy) is 2. The van der Waals surface area contributed by atoms with Gasteiger partial charge in [0.25, 0.3) is 5.91 Å². The average Bonchev–Trinajstić information content (AvgIpc) is 3.10. The van der Waals surface area contributed by atoms with Crippen molar-refractivity contribution >= 4 is 22.8 Å². The van der Waals surface area contributed by atoms with Crippen molar-refractivity contribution in [2.75, 3.05) is 13.2 Å². The number of hydrogen-bond donors (Lipinski definition) is 1. The predicted octanol–water partition coefficient (Wildman–Crippen LogP) is 4.08. The van der Waals surface area contributed by atoms with E-state index in [1.54, 1.807) is 6.07 Å². The quantitative estimate of drug-likeness (QED) is 0.446. The number of unbranched alkanes of at least 4 members (excludes halogenated alkanes) is 1. The Hall–Kier alpha value is -3.28. The second-order valence-corrected chi connectivity index (χ2v) is 6.29. The van der Waals surface area contributed by atoms with E-state index in [9.17, 15) is 9.59 Å². The molecular formula is C22H23NO5. The summed E-state index contributed by atoms with van der Waals surface area (Å²) in [5, 5.41) is 3.48. The number of carbonyl (C=O) groups is 2. The van der Waals surface area contributed by atoms with Gasteiger partial charge in [-0.05, 0) is 24.6 Å². The Morgan fingerprint density at radius 2 is 1.79 bits per heavy atom. The van der Waals surface area contributed by atoms with Gasteiger partial charge in [-0.1, -0.05) is 49.7 Å². The summed E-state index contributed by atoms with van der Waals surface area (Å²) in [4.78, 5) is 24.3. The molecule has 28 heavy (non-hydrogen) atoms. The first-order valence-corrected chi connectivity index (χ1v) is 9.31. The second-order valence-electron chi connectivity index (χ2n) is 6.29. The van der Waals surface area contributed by atoms with E-state index in [2.05, 4.69) is 5.32 Å². The van der Waals surface area contributed by atoms with E-state index in [1.165, 1.54) is 0 Å². The molecule has 2 aromatic carbocycles. The summed E-state index contributed by atoms with van der Waals surface area (Å²) in [5.74, 6) is -0.283. The van der Waals surface area contributed by atoms with Crippen LogP contribution in [0.15, 0.2) is 59.0 Å². The molecule has 0 radical (unpaired) electrons. The first-order chi connectivity index (χ1) is 13.7. The van der Waals surface area contributed by atoms with E-state index in [1.807, 2.05) is 55.5 Å². The molecule has 146 valence electrons. The molecule has 6 nitrogen and oxygen atoms in total. The summed E-state index contributed by atoms with van der Waals surface area (Å²) in [5.41, 5.74) is 1.16. The van der Waals surface area contributed by atoms with Crippen LogP contribution < -0.4 is 10.1 Å². The summed E-state index contributed by atoms with van der Waals surface area (Å²) < 4.78 is 16.6. The predicted molar refractivity (Wildman–Crippen MR) is 105 cm³/mol. The van der Waals surface area contributed by atoms with Gasteiger partial charge in [0.1, 0.15) is 17.9 Å². The summed E-state index contributed by atoms with van der Waals surface area (Å²) >= 11 is 0. The topological polar surface area (TPSA) is 77.8 Å². The SMILES string of the molecule is CCCCNC(=O)COC(=O)c1oc2ccccc2c1COc1ccccc1. The van der Waals surface area contributed by atoms with Gasteiger partial charge in [0, 0.05) is 11.9 Å². The minimum absolute atomic E-state index is 0.0542. The lowest BCUT2D eigenvalue weighted by Gasteiger charge is -2.08. The minimum atomic E-state index is -0.687. The number of rotatable bonds is 9. The lowest BCUT2D eigenvalue weighted by atomic mass is 10.1. The van der Waals surface area contributed by atoms with Crippen molar-refractivity contribution in [1.82, 2.24) is 5.32 Å². The Balaban J connectivity index is 1.72. The Morgan fingerprint density at radius 1 is 1.04 bits per heavy atom. The Labute approximate surface area is 163 Å². The zero-order valence-electron chi connectivity index (χ0n) is 15.8. The van der Waals surface area contributed by atoms with Crippen LogP contribution >= 0.6 is 0 Å². The van der Waals surface area contributed by atoms with Gasteiger partial charge in [0.05, 0.1) is 5.56 Å². The van der Waals surface area contributed by atoms with Gasteiger partial charge in [0.2, 0.25) is 5.76 Å². The number of amides is 1. The third-order valence-corrected chi connectivity index (χ3v) is 4.20. The third kappa shape index (κ3) is 4.91. The van der Waals surface area contributed by atoms with Gasteiger partial charge in [0.15, 0.2) is 6.61 Å². The largest absolute Gasteiger partial charge is 0.489 e. The maximum absolute atomic E-state index is 12.5. The Morgan fingerprint density at radius 3 is 2.57 bits per heavy atom. The molecule has 3 rings (SSSR count). The standard InChI is InChI=1S/C22H23NO5/c1-2-3-13-23-20(24)15-27-22(25)21-18(14-26-16-9-5-4-6-10-16)17-11-7-8-12-19(17)28-21/h4-12H,2-3,13-15H2,1H3,(H,23,24). The van der Waals surface area contributed by atoms with Gasteiger partial charge in [-0.25, -0.2) is 4.79 Å². The maximum Gasteiger partial charge on any atom is 0.375 e. The fourth-order valence-electron chi connectivity index (χ4n) is 2.73. The molecule has 0 saturated heterocycles. The molecule has 1 aromatic heterocycles. The van der Waals surface area contributed by atoms with E-state index < -0.39 is 5.97 Å². The third-order valence-electron chi connectivity index (χ3n) is 4.20. The van der Waals surface area contributed by atoms with E-state index in [0.717, 1.165) is 18.2 Å². The molecule has 0 fully saturated rings. The molecule has 0 unspecified atom stereocenters. The number of nitrogens with one attached hydrogen (secondary N) is 1. The lowest BCUT2D eigenvalue weighted by Crippen LogP contribution is -2.29. The number of para-hydroxylation sites is 2. The van der Waals surface area contributed by atoms with Crippen LogP contribution in [0.3, 0.4) is 0 Å². The highest BCUT2D eigenvalue weighted by Gasteiger charge is 2.23. The minimum Gasteiger partial charge on any atom is -0.489 e. The molecule has 0 bridgehead atoms. The zero-order chi connectivity index (χ0) is 19.8. The molecule has 6 heteroatoms. The molecule has 0 aliphatic rings. The van der Waals surface area contributed by atoms with Gasteiger partial charge < -0.3 is 19.2 Å². The van der Waals surface area contributed by atoms with Crippen LogP contribution in [0.25, 0.3) is 11.0 Å². The molecule has 3 aromatic rings. The summed E-state index contributed by atoms with van der Waals surface area (Å²) in [6.07, 6.45) is 1.86. The highest BCUT2D eigenvalue weighted by molar-refractivity contribution is 5.96. The number of furan rings is 1. The monoisotopic (exact) mass is 381 g/mol. The van der Waals surface area contributed by atoms with Crippen molar-refractivity contribution in [3.8, 4) is 5.75 Å². The first kappa shape index (κ1) is 19.5. The lowest BCUT2D eigenvalue weighted by molar-refractivity contribution is -0.124. The van der Waals surface area contributed by atoms with Crippen molar-refractivity contribution in [2.45, 2.75) is 26.4 Å². The number of benzene rings is 2. The number of esters is 1. The van der Waals surface area contributed by atoms with Crippen molar-refractivity contribution in [3.63, 3.8) is 0 Å². The average molecular weight is 381 g/mol. The fraction of sp³-hybridized carbons (Fsp3) is 0.273. The van der Waals surface area contributed by atoms with Crippen LogP contribution in [0.2, 0.25) is 0 Å². The molecule has 0 atom stereocenters. The number of hydrogen-bond acceptors (Lipinski definition) is 5. The number of carbonyl (C=O) groups excluding carboxylic acids is 2. The van der Waals surface area contributed by atoms with Crippen molar-refractivity contribution in [2.24, 2.45) is 0 Å². The van der Waals surface area contributed by atoms with Crippen LogP contribution in [0.5, 0.6) is 5.75 Å². The molecule has 0 spiro atoms. The molecule has 0 aliphatic carbocycles. The summed E-state index contributed by atoms with van der Waals surface area (Å²) in [6.45, 7) is 2.40. The van der Waals surface area contributed by atoms with Gasteiger partial charge in [-0.2, -0.15) is 0 Å². The zero-order valence-corrected chi connectivity index (χ0v) is 15.8. The van der Waals surface area contributed by atoms with Gasteiger partial charge >= 0.3 is 5.97 Å². The van der Waals surface area contributed by atoms with Crippen molar-refractivity contribution in [1.29, 1.82) is 0 Å². The molecule has 0 saturated carbocycles. The molecule has 1 amide bonds. The van der Waals surface area contributed by atoms with Gasteiger partial charge in [-0.15, -0.1) is 0 Å². The summed E-state index contributed by atoms with van der Waals surface area (Å²) in [6, 6.07) is 16.6. The van der Waals surface area contributed by atoms with Crippen LogP contribution in [0.4, 0.5) is 0 Å². The summed E-state index contributed by atoms with van der Waals surface area (Å²) in [7, 11) is 0. The smallest absolute Gasteiger partial charge is 0.375 e. The van der Waals surface area contributed by atoms with E-state index in [4.69, 9.17) is 13.9 Å². The van der Waals surface area contributed by atoms with Crippen molar-refractivity contribution < 1.29 is 23.5 Å². The maximum atomic E-state index is 12.5.